The van der Waals surface area contributed by atoms with Crippen molar-refractivity contribution in [3.8, 4) is 0 Å². The van der Waals surface area contributed by atoms with Crippen molar-refractivity contribution in [2.24, 2.45) is 0 Å². The van der Waals surface area contributed by atoms with Crippen LogP contribution in [0.4, 0.5) is 9.93 Å². The van der Waals surface area contributed by atoms with E-state index in [0.717, 1.165) is 10.6 Å². The zero-order chi connectivity index (χ0) is 13.9. The van der Waals surface area contributed by atoms with E-state index in [0.29, 0.717) is 11.7 Å². The first-order valence-corrected chi connectivity index (χ1v) is 7.71. The quantitative estimate of drug-likeness (QED) is 0.779. The van der Waals surface area contributed by atoms with Gasteiger partial charge in [0.1, 0.15) is 5.01 Å². The second kappa shape index (κ2) is 5.56. The Hall–Kier alpha value is -1.99. The van der Waals surface area contributed by atoms with Gasteiger partial charge in [0, 0.05) is 11.2 Å². The van der Waals surface area contributed by atoms with Gasteiger partial charge in [0.15, 0.2) is 0 Å². The van der Waals surface area contributed by atoms with Gasteiger partial charge < -0.3 is 5.32 Å². The first-order chi connectivity index (χ1) is 9.70. The third-order valence-corrected chi connectivity index (χ3v) is 4.37. The summed E-state index contributed by atoms with van der Waals surface area (Å²) in [7, 11) is 0. The van der Waals surface area contributed by atoms with Gasteiger partial charge in [-0.1, -0.05) is 17.4 Å². The summed E-state index contributed by atoms with van der Waals surface area (Å²) in [6.45, 7) is 2.33. The highest BCUT2D eigenvalue weighted by atomic mass is 32.1. The van der Waals surface area contributed by atoms with Crippen LogP contribution in [0.3, 0.4) is 0 Å². The number of benzene rings is 1. The Morgan fingerprint density at radius 1 is 1.30 bits per heavy atom. The summed E-state index contributed by atoms with van der Waals surface area (Å²) in [6, 6.07) is 7.98. The fourth-order valence-corrected chi connectivity index (χ4v) is 3.15. The van der Waals surface area contributed by atoms with Crippen molar-refractivity contribution in [3.63, 3.8) is 0 Å². The lowest BCUT2D eigenvalue weighted by Crippen LogP contribution is -2.28. The average molecular weight is 304 g/mol. The van der Waals surface area contributed by atoms with E-state index in [1.807, 2.05) is 13.0 Å². The number of aromatic nitrogens is 2. The molecule has 0 saturated carbocycles. The molecule has 0 bridgehead atoms. The van der Waals surface area contributed by atoms with Gasteiger partial charge in [-0.2, -0.15) is 0 Å². The Labute approximate surface area is 123 Å². The van der Waals surface area contributed by atoms with Gasteiger partial charge in [0.25, 0.3) is 0 Å². The van der Waals surface area contributed by atoms with Crippen LogP contribution in [-0.2, 0) is 6.54 Å². The van der Waals surface area contributed by atoms with Crippen LogP contribution in [0.2, 0.25) is 0 Å². The number of anilines is 1. The molecule has 0 aliphatic heterocycles. The number of fused-ring (bicyclic) bond motifs is 1. The molecule has 2 heterocycles. The number of aryl methyl sites for hydroxylation is 1. The molecule has 0 aliphatic carbocycles. The Balaban J connectivity index is 1.59. The molecule has 0 atom stereocenters. The predicted molar refractivity (Wildman–Crippen MR) is 82.3 cm³/mol. The third-order valence-electron chi connectivity index (χ3n) is 2.72. The minimum atomic E-state index is -0.272. The Bertz CT molecular complexity index is 750. The summed E-state index contributed by atoms with van der Waals surface area (Å²) in [4.78, 5) is 11.7. The van der Waals surface area contributed by atoms with Crippen molar-refractivity contribution in [1.29, 1.82) is 0 Å². The normalized spacial score (nSPS) is 10.7. The van der Waals surface area contributed by atoms with Gasteiger partial charge >= 0.3 is 6.03 Å². The fourth-order valence-electron chi connectivity index (χ4n) is 1.80. The zero-order valence-corrected chi connectivity index (χ0v) is 12.3. The van der Waals surface area contributed by atoms with Crippen LogP contribution in [0.1, 0.15) is 10.6 Å². The number of thiophene rings is 1. The number of hydrogen-bond donors (Lipinski definition) is 2. The van der Waals surface area contributed by atoms with Gasteiger partial charge in [-0.15, -0.1) is 21.5 Å². The van der Waals surface area contributed by atoms with Gasteiger partial charge in [0.2, 0.25) is 5.13 Å². The maximum atomic E-state index is 11.7. The van der Waals surface area contributed by atoms with Crippen molar-refractivity contribution in [1.82, 2.24) is 15.5 Å². The van der Waals surface area contributed by atoms with E-state index in [1.54, 1.807) is 11.3 Å². The largest absolute Gasteiger partial charge is 0.334 e. The van der Waals surface area contributed by atoms with Gasteiger partial charge in [0.05, 0.1) is 0 Å². The van der Waals surface area contributed by atoms with E-state index in [4.69, 9.17) is 0 Å². The van der Waals surface area contributed by atoms with Gasteiger partial charge in [-0.3, -0.25) is 5.32 Å². The van der Waals surface area contributed by atoms with E-state index in [2.05, 4.69) is 44.4 Å². The fraction of sp³-hybridized carbons (Fsp3) is 0.154. The highest BCUT2D eigenvalue weighted by Crippen LogP contribution is 2.21. The van der Waals surface area contributed by atoms with Crippen molar-refractivity contribution in [2.45, 2.75) is 13.5 Å². The van der Waals surface area contributed by atoms with E-state index in [9.17, 15) is 4.79 Å². The summed E-state index contributed by atoms with van der Waals surface area (Å²) in [5, 5.41) is 17.7. The van der Waals surface area contributed by atoms with Crippen LogP contribution in [0.25, 0.3) is 10.1 Å². The molecule has 2 aromatic heterocycles. The van der Waals surface area contributed by atoms with Crippen LogP contribution >= 0.6 is 22.7 Å². The highest BCUT2D eigenvalue weighted by Gasteiger charge is 2.06. The van der Waals surface area contributed by atoms with Crippen molar-refractivity contribution >= 4 is 43.9 Å². The second-order valence-electron chi connectivity index (χ2n) is 4.23. The molecule has 0 fully saturated rings. The molecule has 3 aromatic rings. The van der Waals surface area contributed by atoms with Crippen molar-refractivity contribution in [3.05, 3.63) is 40.2 Å². The van der Waals surface area contributed by atoms with E-state index in [1.165, 1.54) is 21.4 Å². The van der Waals surface area contributed by atoms with Gasteiger partial charge in [-0.05, 0) is 41.5 Å². The average Bonchev–Trinajstić information content (AvgIpc) is 3.04. The maximum absolute atomic E-state index is 11.7. The summed E-state index contributed by atoms with van der Waals surface area (Å²) in [6.07, 6.45) is 0. The molecule has 7 heteroatoms. The van der Waals surface area contributed by atoms with Crippen molar-refractivity contribution < 1.29 is 4.79 Å². The third kappa shape index (κ3) is 2.94. The van der Waals surface area contributed by atoms with Crippen LogP contribution in [0.5, 0.6) is 0 Å². The highest BCUT2D eigenvalue weighted by molar-refractivity contribution is 7.17. The van der Waals surface area contributed by atoms with Crippen LogP contribution in [-0.4, -0.2) is 16.2 Å². The number of amides is 2. The molecule has 2 N–H and O–H groups in total. The first-order valence-electron chi connectivity index (χ1n) is 6.02. The Morgan fingerprint density at radius 3 is 3.00 bits per heavy atom. The summed E-state index contributed by atoms with van der Waals surface area (Å²) < 4.78 is 1.25. The SMILES string of the molecule is Cc1nnc(NC(=O)NCc2ccc3sccc3c2)s1. The molecular formula is C13H12N4OS2. The molecule has 0 radical (unpaired) electrons. The summed E-state index contributed by atoms with van der Waals surface area (Å²) in [5.41, 5.74) is 1.07. The molecule has 1 aromatic carbocycles. The zero-order valence-electron chi connectivity index (χ0n) is 10.7. The Kier molecular flexibility index (Phi) is 3.62. The number of nitrogens with zero attached hydrogens (tertiary/aromatic N) is 2. The second-order valence-corrected chi connectivity index (χ2v) is 6.36. The number of carbonyl (C=O) groups is 1. The lowest BCUT2D eigenvalue weighted by Gasteiger charge is -2.05. The molecule has 0 unspecified atom stereocenters. The minimum Gasteiger partial charge on any atom is -0.334 e. The summed E-state index contributed by atoms with van der Waals surface area (Å²) >= 11 is 3.06. The van der Waals surface area contributed by atoms with Crippen LogP contribution in [0, 0.1) is 6.92 Å². The van der Waals surface area contributed by atoms with E-state index < -0.39 is 0 Å². The molecule has 0 aliphatic rings. The number of carbonyl (C=O) groups excluding carboxylic acids is 1. The molecule has 3 rings (SSSR count). The predicted octanol–water partition coefficient (Wildman–Crippen LogP) is 3.38. The molecule has 102 valence electrons. The molecule has 2 amide bonds. The van der Waals surface area contributed by atoms with Crippen LogP contribution in [0.15, 0.2) is 29.6 Å². The number of rotatable bonds is 3. The molecule has 20 heavy (non-hydrogen) atoms. The summed E-state index contributed by atoms with van der Waals surface area (Å²) in [5.74, 6) is 0. The van der Waals surface area contributed by atoms with Crippen molar-refractivity contribution in [2.75, 3.05) is 5.32 Å². The topological polar surface area (TPSA) is 66.9 Å². The lowest BCUT2D eigenvalue weighted by molar-refractivity contribution is 0.251. The minimum absolute atomic E-state index is 0.272. The lowest BCUT2D eigenvalue weighted by atomic mass is 10.2. The van der Waals surface area contributed by atoms with E-state index >= 15 is 0 Å². The number of hydrogen-bond acceptors (Lipinski definition) is 5. The van der Waals surface area contributed by atoms with Gasteiger partial charge in [-0.25, -0.2) is 4.79 Å². The number of nitrogens with one attached hydrogen (secondary N) is 2. The monoisotopic (exact) mass is 304 g/mol. The molecular weight excluding hydrogens is 292 g/mol. The maximum Gasteiger partial charge on any atom is 0.321 e. The molecule has 0 saturated heterocycles. The first kappa shape index (κ1) is 13.0. The molecule has 5 nitrogen and oxygen atoms in total. The van der Waals surface area contributed by atoms with Crippen LogP contribution < -0.4 is 10.6 Å². The smallest absolute Gasteiger partial charge is 0.321 e. The Morgan fingerprint density at radius 2 is 2.20 bits per heavy atom. The van der Waals surface area contributed by atoms with E-state index in [-0.39, 0.29) is 6.03 Å². The standard InChI is InChI=1S/C13H12N4OS2/c1-8-16-17-13(20-8)15-12(18)14-7-9-2-3-11-10(6-9)4-5-19-11/h2-6H,7H2,1H3,(H2,14,15,17,18). The number of urea groups is 1. The molecule has 0 spiro atoms.